The number of nitrogens with one attached hydrogen (secondary N) is 1. The van der Waals surface area contributed by atoms with Crippen LogP contribution in [0.5, 0.6) is 0 Å². The lowest BCUT2D eigenvalue weighted by Crippen LogP contribution is -2.26. The van der Waals surface area contributed by atoms with E-state index >= 15 is 0 Å². The SMILES string of the molecule is Cc1scc(CNC(=O)c2ccccc2C(F)(F)F)c1C. The summed E-state index contributed by atoms with van der Waals surface area (Å²) < 4.78 is 38.6. The fraction of sp³-hybridized carbons (Fsp3) is 0.267. The molecule has 1 N–H and O–H groups in total. The van der Waals surface area contributed by atoms with Gasteiger partial charge >= 0.3 is 6.18 Å². The molecular formula is C15H14F3NOS. The lowest BCUT2D eigenvalue weighted by Gasteiger charge is -2.12. The molecule has 2 nitrogen and oxygen atoms in total. The van der Waals surface area contributed by atoms with Crippen molar-refractivity contribution in [3.8, 4) is 0 Å². The normalized spacial score (nSPS) is 11.5. The molecule has 0 aliphatic rings. The number of benzene rings is 1. The van der Waals surface area contributed by atoms with E-state index in [4.69, 9.17) is 0 Å². The van der Waals surface area contributed by atoms with Crippen LogP contribution in [0, 0.1) is 13.8 Å². The van der Waals surface area contributed by atoms with Gasteiger partial charge in [-0.2, -0.15) is 13.2 Å². The molecule has 6 heteroatoms. The van der Waals surface area contributed by atoms with Crippen molar-refractivity contribution in [3.05, 3.63) is 56.8 Å². The molecule has 0 unspecified atom stereocenters. The second kappa shape index (κ2) is 5.89. The van der Waals surface area contributed by atoms with Crippen LogP contribution in [0.2, 0.25) is 0 Å². The largest absolute Gasteiger partial charge is 0.417 e. The predicted octanol–water partition coefficient (Wildman–Crippen LogP) is 4.31. The van der Waals surface area contributed by atoms with Crippen molar-refractivity contribution in [3.63, 3.8) is 0 Å². The lowest BCUT2D eigenvalue weighted by atomic mass is 10.1. The van der Waals surface area contributed by atoms with Gasteiger partial charge in [0.2, 0.25) is 0 Å². The van der Waals surface area contributed by atoms with Crippen molar-refractivity contribution in [2.24, 2.45) is 0 Å². The van der Waals surface area contributed by atoms with Gasteiger partial charge < -0.3 is 5.32 Å². The molecule has 1 aromatic carbocycles. The van der Waals surface area contributed by atoms with Gasteiger partial charge in [0.05, 0.1) is 11.1 Å². The van der Waals surface area contributed by atoms with E-state index in [-0.39, 0.29) is 12.1 Å². The Balaban J connectivity index is 2.16. The molecule has 0 bridgehead atoms. The number of carbonyl (C=O) groups is 1. The molecule has 0 saturated heterocycles. The number of amides is 1. The number of rotatable bonds is 3. The third kappa shape index (κ3) is 3.44. The standard InChI is InChI=1S/C15H14F3NOS/c1-9-10(2)21-8-11(9)7-19-14(20)12-5-3-4-6-13(12)15(16,17)18/h3-6,8H,7H2,1-2H3,(H,19,20). The zero-order chi connectivity index (χ0) is 15.6. The van der Waals surface area contributed by atoms with E-state index in [1.165, 1.54) is 18.2 Å². The maximum absolute atomic E-state index is 12.9. The number of halogens is 3. The first-order valence-corrected chi connectivity index (χ1v) is 7.16. The zero-order valence-corrected chi connectivity index (χ0v) is 12.4. The molecule has 1 aromatic heterocycles. The van der Waals surface area contributed by atoms with Crippen LogP contribution in [-0.2, 0) is 12.7 Å². The zero-order valence-electron chi connectivity index (χ0n) is 11.5. The van der Waals surface area contributed by atoms with E-state index in [0.717, 1.165) is 22.1 Å². The highest BCUT2D eigenvalue weighted by Crippen LogP contribution is 2.31. The number of aryl methyl sites for hydroxylation is 1. The predicted molar refractivity (Wildman–Crippen MR) is 76.4 cm³/mol. The number of hydrogen-bond acceptors (Lipinski definition) is 2. The summed E-state index contributed by atoms with van der Waals surface area (Å²) >= 11 is 1.55. The second-order valence-electron chi connectivity index (χ2n) is 4.67. The Kier molecular flexibility index (Phi) is 4.37. The Morgan fingerprint density at radius 1 is 1.24 bits per heavy atom. The molecule has 0 fully saturated rings. The highest BCUT2D eigenvalue weighted by molar-refractivity contribution is 7.10. The molecule has 2 aromatic rings. The lowest BCUT2D eigenvalue weighted by molar-refractivity contribution is -0.137. The minimum Gasteiger partial charge on any atom is -0.348 e. The Morgan fingerprint density at radius 2 is 1.90 bits per heavy atom. The summed E-state index contributed by atoms with van der Waals surface area (Å²) in [5, 5.41) is 4.45. The van der Waals surface area contributed by atoms with E-state index in [9.17, 15) is 18.0 Å². The molecule has 0 saturated carbocycles. The fourth-order valence-corrected chi connectivity index (χ4v) is 2.82. The van der Waals surface area contributed by atoms with Crippen LogP contribution in [0.1, 0.15) is 31.9 Å². The van der Waals surface area contributed by atoms with Crippen molar-refractivity contribution in [1.82, 2.24) is 5.32 Å². The van der Waals surface area contributed by atoms with Gasteiger partial charge in [-0.25, -0.2) is 0 Å². The number of thiophene rings is 1. The summed E-state index contributed by atoms with van der Waals surface area (Å²) in [6.45, 7) is 4.11. The van der Waals surface area contributed by atoms with Gasteiger partial charge in [0.15, 0.2) is 0 Å². The van der Waals surface area contributed by atoms with Gasteiger partial charge in [-0.3, -0.25) is 4.79 Å². The van der Waals surface area contributed by atoms with Gasteiger partial charge in [-0.15, -0.1) is 11.3 Å². The second-order valence-corrected chi connectivity index (χ2v) is 5.75. The maximum Gasteiger partial charge on any atom is 0.417 e. The van der Waals surface area contributed by atoms with E-state index in [1.807, 2.05) is 19.2 Å². The highest BCUT2D eigenvalue weighted by Gasteiger charge is 2.34. The van der Waals surface area contributed by atoms with E-state index in [2.05, 4.69) is 5.32 Å². The average Bonchev–Trinajstić information content (AvgIpc) is 2.75. The third-order valence-electron chi connectivity index (χ3n) is 3.30. The molecule has 2 rings (SSSR count). The van der Waals surface area contributed by atoms with Crippen LogP contribution in [-0.4, -0.2) is 5.91 Å². The quantitative estimate of drug-likeness (QED) is 0.898. The smallest absolute Gasteiger partial charge is 0.348 e. The molecule has 0 aliphatic carbocycles. The van der Waals surface area contributed by atoms with Crippen LogP contribution in [0.25, 0.3) is 0 Å². The van der Waals surface area contributed by atoms with Crippen molar-refractivity contribution in [1.29, 1.82) is 0 Å². The van der Waals surface area contributed by atoms with Gasteiger partial charge in [0.25, 0.3) is 5.91 Å². The Bertz CT molecular complexity index is 661. The van der Waals surface area contributed by atoms with Crippen molar-refractivity contribution < 1.29 is 18.0 Å². The summed E-state index contributed by atoms with van der Waals surface area (Å²) in [5.41, 5.74) is 0.718. The summed E-state index contributed by atoms with van der Waals surface area (Å²) in [5.74, 6) is -0.717. The number of carbonyl (C=O) groups excluding carboxylic acids is 1. The van der Waals surface area contributed by atoms with E-state index in [0.29, 0.717) is 0 Å². The van der Waals surface area contributed by atoms with Crippen molar-refractivity contribution >= 4 is 17.2 Å². The molecule has 0 atom stereocenters. The molecule has 0 radical (unpaired) electrons. The van der Waals surface area contributed by atoms with E-state index in [1.54, 1.807) is 11.3 Å². The van der Waals surface area contributed by atoms with Crippen molar-refractivity contribution in [2.75, 3.05) is 0 Å². The summed E-state index contributed by atoms with van der Waals surface area (Å²) in [4.78, 5) is 13.1. The van der Waals surface area contributed by atoms with Crippen LogP contribution in [0.3, 0.4) is 0 Å². The van der Waals surface area contributed by atoms with Crippen LogP contribution >= 0.6 is 11.3 Å². The van der Waals surface area contributed by atoms with Crippen LogP contribution < -0.4 is 5.32 Å². The Morgan fingerprint density at radius 3 is 2.48 bits per heavy atom. The molecule has 21 heavy (non-hydrogen) atoms. The minimum absolute atomic E-state index is 0.223. The van der Waals surface area contributed by atoms with Crippen LogP contribution in [0.4, 0.5) is 13.2 Å². The molecular weight excluding hydrogens is 299 g/mol. The van der Waals surface area contributed by atoms with Crippen molar-refractivity contribution in [2.45, 2.75) is 26.6 Å². The summed E-state index contributed by atoms with van der Waals surface area (Å²) in [6.07, 6.45) is -4.54. The first kappa shape index (κ1) is 15.6. The summed E-state index contributed by atoms with van der Waals surface area (Å²) in [6, 6.07) is 4.79. The molecule has 1 heterocycles. The Hall–Kier alpha value is -1.82. The van der Waals surface area contributed by atoms with E-state index < -0.39 is 17.6 Å². The molecule has 1 amide bonds. The first-order valence-electron chi connectivity index (χ1n) is 6.28. The summed E-state index contributed by atoms with van der Waals surface area (Å²) in [7, 11) is 0. The van der Waals surface area contributed by atoms with Gasteiger partial charge in [0, 0.05) is 11.4 Å². The fourth-order valence-electron chi connectivity index (χ4n) is 1.94. The molecule has 0 aliphatic heterocycles. The number of alkyl halides is 3. The first-order chi connectivity index (χ1) is 9.80. The number of hydrogen-bond donors (Lipinski definition) is 1. The molecule has 112 valence electrons. The third-order valence-corrected chi connectivity index (χ3v) is 4.37. The average molecular weight is 313 g/mol. The van der Waals surface area contributed by atoms with Gasteiger partial charge in [0.1, 0.15) is 0 Å². The highest BCUT2D eigenvalue weighted by atomic mass is 32.1. The minimum atomic E-state index is -4.54. The topological polar surface area (TPSA) is 29.1 Å². The van der Waals surface area contributed by atoms with Gasteiger partial charge in [-0.05, 0) is 42.5 Å². The van der Waals surface area contributed by atoms with Crippen LogP contribution in [0.15, 0.2) is 29.6 Å². The maximum atomic E-state index is 12.9. The Labute approximate surface area is 124 Å². The van der Waals surface area contributed by atoms with Gasteiger partial charge in [-0.1, -0.05) is 12.1 Å². The monoisotopic (exact) mass is 313 g/mol. The molecule has 0 spiro atoms.